The van der Waals surface area contributed by atoms with E-state index in [1.165, 1.54) is 0 Å². The van der Waals surface area contributed by atoms with Crippen molar-refractivity contribution in [1.29, 1.82) is 0 Å². The minimum absolute atomic E-state index is 0.0146. The van der Waals surface area contributed by atoms with Crippen molar-refractivity contribution in [1.82, 2.24) is 14.6 Å². The zero-order valence-electron chi connectivity index (χ0n) is 10.2. The van der Waals surface area contributed by atoms with Gasteiger partial charge in [0, 0.05) is 35.5 Å². The summed E-state index contributed by atoms with van der Waals surface area (Å²) in [5.41, 5.74) is 8.77. The monoisotopic (exact) mass is 218 g/mol. The summed E-state index contributed by atoms with van der Waals surface area (Å²) in [6.07, 6.45) is 3.76. The molecular formula is C12H18N4. The van der Waals surface area contributed by atoms with E-state index >= 15 is 0 Å². The molecule has 0 amide bonds. The molecular weight excluding hydrogens is 200 g/mol. The van der Waals surface area contributed by atoms with Crippen molar-refractivity contribution in [3.05, 3.63) is 29.7 Å². The molecule has 1 atom stereocenters. The fraction of sp³-hybridized carbons (Fsp3) is 0.500. The summed E-state index contributed by atoms with van der Waals surface area (Å²) in [6, 6.07) is 2.00. The fourth-order valence-electron chi connectivity index (χ4n) is 1.49. The number of hydrogen-bond acceptors (Lipinski definition) is 3. The van der Waals surface area contributed by atoms with Crippen LogP contribution in [0.5, 0.6) is 0 Å². The summed E-state index contributed by atoms with van der Waals surface area (Å²) >= 11 is 0. The Morgan fingerprint density at radius 2 is 2.06 bits per heavy atom. The van der Waals surface area contributed by atoms with E-state index in [2.05, 4.69) is 30.9 Å². The van der Waals surface area contributed by atoms with Crippen molar-refractivity contribution >= 4 is 5.65 Å². The van der Waals surface area contributed by atoms with Gasteiger partial charge in [0.2, 0.25) is 0 Å². The number of aromatic nitrogens is 3. The molecule has 1 unspecified atom stereocenters. The van der Waals surface area contributed by atoms with Gasteiger partial charge in [0.05, 0.1) is 5.69 Å². The van der Waals surface area contributed by atoms with E-state index in [1.807, 2.05) is 25.4 Å². The van der Waals surface area contributed by atoms with Crippen LogP contribution in [0.4, 0.5) is 0 Å². The molecule has 2 aromatic rings. The van der Waals surface area contributed by atoms with Crippen LogP contribution in [0.15, 0.2) is 18.5 Å². The van der Waals surface area contributed by atoms with Crippen molar-refractivity contribution < 1.29 is 0 Å². The molecule has 2 aromatic heterocycles. The van der Waals surface area contributed by atoms with Crippen LogP contribution < -0.4 is 5.73 Å². The number of rotatable bonds is 1. The van der Waals surface area contributed by atoms with Crippen molar-refractivity contribution in [2.24, 2.45) is 5.73 Å². The third-order valence-corrected chi connectivity index (χ3v) is 2.63. The summed E-state index contributed by atoms with van der Waals surface area (Å²) in [5.74, 6) is 0. The Labute approximate surface area is 95.5 Å². The number of nitrogens with two attached hydrogens (primary N) is 1. The second kappa shape index (κ2) is 3.56. The maximum atomic E-state index is 5.82. The second-order valence-corrected chi connectivity index (χ2v) is 5.26. The highest BCUT2D eigenvalue weighted by Gasteiger charge is 2.18. The first-order valence-electron chi connectivity index (χ1n) is 5.49. The van der Waals surface area contributed by atoms with E-state index in [1.54, 1.807) is 4.52 Å². The molecule has 2 N–H and O–H groups in total. The van der Waals surface area contributed by atoms with Crippen LogP contribution in [-0.2, 0) is 5.41 Å². The largest absolute Gasteiger partial charge is 0.324 e. The molecule has 4 nitrogen and oxygen atoms in total. The average Bonchev–Trinajstić information content (AvgIpc) is 2.58. The van der Waals surface area contributed by atoms with Crippen molar-refractivity contribution in [2.75, 3.05) is 0 Å². The molecule has 0 aromatic carbocycles. The first-order chi connectivity index (χ1) is 7.38. The molecule has 86 valence electrons. The molecule has 0 aliphatic carbocycles. The van der Waals surface area contributed by atoms with Crippen LogP contribution in [0.2, 0.25) is 0 Å². The van der Waals surface area contributed by atoms with Crippen molar-refractivity contribution in [2.45, 2.75) is 39.2 Å². The summed E-state index contributed by atoms with van der Waals surface area (Å²) in [4.78, 5) is 4.36. The van der Waals surface area contributed by atoms with Gasteiger partial charge < -0.3 is 5.73 Å². The molecule has 0 fully saturated rings. The molecule has 0 radical (unpaired) electrons. The summed E-state index contributed by atoms with van der Waals surface area (Å²) in [6.45, 7) is 8.36. The molecule has 0 spiro atoms. The number of fused-ring (bicyclic) bond motifs is 1. The van der Waals surface area contributed by atoms with Gasteiger partial charge in [-0.15, -0.1) is 0 Å². The van der Waals surface area contributed by atoms with Gasteiger partial charge in [0.15, 0.2) is 5.65 Å². The SMILES string of the molecule is CC(N)c1cnc2cc(C(C)(C)C)nn2c1. The maximum absolute atomic E-state index is 5.82. The van der Waals surface area contributed by atoms with Gasteiger partial charge in [0.25, 0.3) is 0 Å². The van der Waals surface area contributed by atoms with E-state index in [-0.39, 0.29) is 11.5 Å². The van der Waals surface area contributed by atoms with Crippen molar-refractivity contribution in [3.8, 4) is 0 Å². The molecule has 0 saturated carbocycles. The van der Waals surface area contributed by atoms with E-state index in [0.717, 1.165) is 16.9 Å². The molecule has 16 heavy (non-hydrogen) atoms. The van der Waals surface area contributed by atoms with Crippen LogP contribution in [0.1, 0.15) is 45.0 Å². The Kier molecular flexibility index (Phi) is 2.46. The predicted octanol–water partition coefficient (Wildman–Crippen LogP) is 2.05. The average molecular weight is 218 g/mol. The van der Waals surface area contributed by atoms with Gasteiger partial charge in [-0.1, -0.05) is 20.8 Å². The Balaban J connectivity index is 2.54. The Bertz CT molecular complexity index is 505. The lowest BCUT2D eigenvalue weighted by molar-refractivity contribution is 0.562. The third kappa shape index (κ3) is 1.93. The fourth-order valence-corrected chi connectivity index (χ4v) is 1.49. The first kappa shape index (κ1) is 11.1. The molecule has 0 bridgehead atoms. The van der Waals surface area contributed by atoms with E-state index in [9.17, 15) is 0 Å². The quantitative estimate of drug-likeness (QED) is 0.797. The van der Waals surface area contributed by atoms with Crippen molar-refractivity contribution in [3.63, 3.8) is 0 Å². The molecule has 2 rings (SSSR count). The Hall–Kier alpha value is -1.42. The van der Waals surface area contributed by atoms with E-state index in [0.29, 0.717) is 0 Å². The lowest BCUT2D eigenvalue weighted by Gasteiger charge is -2.13. The summed E-state index contributed by atoms with van der Waals surface area (Å²) in [5, 5.41) is 4.53. The lowest BCUT2D eigenvalue weighted by Crippen LogP contribution is -2.12. The topological polar surface area (TPSA) is 56.2 Å². The van der Waals surface area contributed by atoms with Crippen LogP contribution >= 0.6 is 0 Å². The standard InChI is InChI=1S/C12H18N4/c1-8(13)9-6-14-11-5-10(12(2,3)4)15-16(11)7-9/h5-8H,13H2,1-4H3. The van der Waals surface area contributed by atoms with Gasteiger partial charge in [-0.2, -0.15) is 5.10 Å². The first-order valence-corrected chi connectivity index (χ1v) is 5.49. The lowest BCUT2D eigenvalue weighted by atomic mass is 9.93. The van der Waals surface area contributed by atoms with Crippen LogP contribution in [-0.4, -0.2) is 14.6 Å². The minimum atomic E-state index is -0.0146. The molecule has 0 saturated heterocycles. The Morgan fingerprint density at radius 1 is 1.38 bits per heavy atom. The third-order valence-electron chi connectivity index (χ3n) is 2.63. The van der Waals surface area contributed by atoms with Crippen LogP contribution in [0, 0.1) is 0 Å². The zero-order chi connectivity index (χ0) is 11.9. The number of nitrogens with zero attached hydrogens (tertiary/aromatic N) is 3. The Morgan fingerprint density at radius 3 is 2.62 bits per heavy atom. The predicted molar refractivity (Wildman–Crippen MR) is 64.3 cm³/mol. The number of hydrogen-bond donors (Lipinski definition) is 1. The highest BCUT2D eigenvalue weighted by Crippen LogP contribution is 2.21. The maximum Gasteiger partial charge on any atom is 0.155 e. The van der Waals surface area contributed by atoms with Gasteiger partial charge in [0.1, 0.15) is 0 Å². The smallest absolute Gasteiger partial charge is 0.155 e. The van der Waals surface area contributed by atoms with Gasteiger partial charge in [-0.05, 0) is 6.92 Å². The summed E-state index contributed by atoms with van der Waals surface area (Å²) < 4.78 is 1.80. The normalized spacial score (nSPS) is 14.3. The molecule has 4 heteroatoms. The highest BCUT2D eigenvalue weighted by atomic mass is 15.2. The van der Waals surface area contributed by atoms with E-state index < -0.39 is 0 Å². The van der Waals surface area contributed by atoms with Crippen LogP contribution in [0.25, 0.3) is 5.65 Å². The molecule has 2 heterocycles. The minimum Gasteiger partial charge on any atom is -0.324 e. The van der Waals surface area contributed by atoms with E-state index in [4.69, 9.17) is 5.73 Å². The van der Waals surface area contributed by atoms with Gasteiger partial charge in [-0.25, -0.2) is 9.50 Å². The molecule has 0 aliphatic heterocycles. The second-order valence-electron chi connectivity index (χ2n) is 5.26. The van der Waals surface area contributed by atoms with Gasteiger partial charge >= 0.3 is 0 Å². The molecule has 0 aliphatic rings. The summed E-state index contributed by atoms with van der Waals surface area (Å²) in [7, 11) is 0. The van der Waals surface area contributed by atoms with Crippen LogP contribution in [0.3, 0.4) is 0 Å². The van der Waals surface area contributed by atoms with Gasteiger partial charge in [-0.3, -0.25) is 0 Å². The highest BCUT2D eigenvalue weighted by molar-refractivity contribution is 5.41. The zero-order valence-corrected chi connectivity index (χ0v) is 10.2.